The van der Waals surface area contributed by atoms with Gasteiger partial charge in [-0.05, 0) is 62.8 Å². The first kappa shape index (κ1) is 26.8. The maximum absolute atomic E-state index is 12.0. The van der Waals surface area contributed by atoms with E-state index in [0.717, 1.165) is 75.8 Å². The van der Waals surface area contributed by atoms with Crippen LogP contribution in [0.3, 0.4) is 0 Å². The van der Waals surface area contributed by atoms with Crippen molar-refractivity contribution in [3.8, 4) is 6.07 Å². The number of rotatable bonds is 8. The molecule has 0 radical (unpaired) electrons. The van der Waals surface area contributed by atoms with Crippen molar-refractivity contribution in [3.63, 3.8) is 0 Å². The molecule has 1 saturated carbocycles. The van der Waals surface area contributed by atoms with Crippen LogP contribution >= 0.6 is 0 Å². The van der Waals surface area contributed by atoms with Crippen molar-refractivity contribution < 1.29 is 4.79 Å². The van der Waals surface area contributed by atoms with E-state index in [4.69, 9.17) is 15.0 Å². The van der Waals surface area contributed by atoms with E-state index in [9.17, 15) is 10.1 Å². The summed E-state index contributed by atoms with van der Waals surface area (Å²) in [6, 6.07) is 13.4. The first-order valence-electron chi connectivity index (χ1n) is 15.4. The number of carbonyl (C=O) groups excluding carboxylic acids is 1. The standard InChI is InChI=1S/C31H42N8O/c32-23-31(25-11-2-1-3-12-25)15-21-38(22-16-31)29-34-28(33-17-8-19-37-18-7-14-27(37)40)35-30(36-29)39-20-6-10-24-9-4-5-13-26(24)39/h1-3,11-12,24,26H,4-10,13-22H2,(H,33,34,35,36). The van der Waals surface area contributed by atoms with E-state index in [0.29, 0.717) is 30.9 Å². The predicted molar refractivity (Wildman–Crippen MR) is 156 cm³/mol. The summed E-state index contributed by atoms with van der Waals surface area (Å²) in [4.78, 5) is 33.6. The number of likely N-dealkylation sites (tertiary alicyclic amines) is 1. The molecule has 2 atom stereocenters. The summed E-state index contributed by atoms with van der Waals surface area (Å²) in [5.74, 6) is 3.12. The number of nitrogens with zero attached hydrogens (tertiary/aromatic N) is 7. The summed E-state index contributed by atoms with van der Waals surface area (Å²) in [6.45, 7) is 4.81. The second-order valence-electron chi connectivity index (χ2n) is 12.0. The van der Waals surface area contributed by atoms with Gasteiger partial charge < -0.3 is 20.0 Å². The van der Waals surface area contributed by atoms with Gasteiger partial charge in [-0.1, -0.05) is 43.2 Å². The number of hydrogen-bond donors (Lipinski definition) is 1. The molecule has 2 aromatic rings. The molecule has 2 unspecified atom stereocenters. The highest BCUT2D eigenvalue weighted by atomic mass is 16.2. The minimum atomic E-state index is -0.468. The lowest BCUT2D eigenvalue weighted by molar-refractivity contribution is -0.127. The molecule has 9 nitrogen and oxygen atoms in total. The van der Waals surface area contributed by atoms with Crippen LogP contribution in [0.15, 0.2) is 30.3 Å². The molecule has 212 valence electrons. The molecule has 0 spiro atoms. The quantitative estimate of drug-likeness (QED) is 0.486. The number of nitriles is 1. The van der Waals surface area contributed by atoms with E-state index in [1.54, 1.807) is 0 Å². The molecule has 3 aliphatic heterocycles. The summed E-state index contributed by atoms with van der Waals surface area (Å²) in [5, 5.41) is 13.6. The largest absolute Gasteiger partial charge is 0.354 e. The minimum absolute atomic E-state index is 0.269. The molecular formula is C31H42N8O. The molecule has 40 heavy (non-hydrogen) atoms. The summed E-state index contributed by atoms with van der Waals surface area (Å²) in [5.41, 5.74) is 0.633. The number of nitrogens with one attached hydrogen (secondary N) is 1. The lowest BCUT2D eigenvalue weighted by Gasteiger charge is -2.44. The van der Waals surface area contributed by atoms with Crippen molar-refractivity contribution in [3.05, 3.63) is 35.9 Å². The molecule has 1 aromatic carbocycles. The molecule has 4 heterocycles. The second-order valence-corrected chi connectivity index (χ2v) is 12.0. The highest BCUT2D eigenvalue weighted by molar-refractivity contribution is 5.78. The van der Waals surface area contributed by atoms with E-state index < -0.39 is 5.41 Å². The molecule has 6 rings (SSSR count). The van der Waals surface area contributed by atoms with Crippen molar-refractivity contribution in [1.82, 2.24) is 19.9 Å². The zero-order chi connectivity index (χ0) is 27.4. The van der Waals surface area contributed by atoms with Crippen LogP contribution < -0.4 is 15.1 Å². The van der Waals surface area contributed by atoms with Gasteiger partial charge in [0.1, 0.15) is 0 Å². The van der Waals surface area contributed by atoms with Gasteiger partial charge in [-0.2, -0.15) is 20.2 Å². The Balaban J connectivity index is 1.20. The number of aromatic nitrogens is 3. The van der Waals surface area contributed by atoms with E-state index >= 15 is 0 Å². The SMILES string of the molecule is N#CC1(c2ccccc2)CCN(c2nc(NCCCN3CCCC3=O)nc(N3CCCC4CCCCC43)n2)CC1. The van der Waals surface area contributed by atoms with Gasteiger partial charge in [0.2, 0.25) is 23.8 Å². The van der Waals surface area contributed by atoms with Crippen LogP contribution in [0.5, 0.6) is 0 Å². The smallest absolute Gasteiger partial charge is 0.232 e. The van der Waals surface area contributed by atoms with Gasteiger partial charge in [0.15, 0.2) is 0 Å². The lowest BCUT2D eigenvalue weighted by Crippen LogP contribution is -2.48. The lowest BCUT2D eigenvalue weighted by atomic mass is 9.74. The second kappa shape index (κ2) is 12.0. The molecule has 1 amide bonds. The molecule has 1 aromatic heterocycles. The van der Waals surface area contributed by atoms with Crippen LogP contribution in [0.25, 0.3) is 0 Å². The van der Waals surface area contributed by atoms with E-state index in [2.05, 4.69) is 33.3 Å². The first-order chi connectivity index (χ1) is 19.6. The van der Waals surface area contributed by atoms with Gasteiger partial charge in [0.25, 0.3) is 0 Å². The third-order valence-corrected chi connectivity index (χ3v) is 9.61. The Kier molecular flexibility index (Phi) is 8.03. The highest BCUT2D eigenvalue weighted by Crippen LogP contribution is 2.39. The van der Waals surface area contributed by atoms with Crippen LogP contribution in [-0.4, -0.2) is 71.1 Å². The minimum Gasteiger partial charge on any atom is -0.354 e. The van der Waals surface area contributed by atoms with Crippen molar-refractivity contribution in [2.45, 2.75) is 82.1 Å². The van der Waals surface area contributed by atoms with E-state index in [1.165, 1.54) is 38.5 Å². The van der Waals surface area contributed by atoms with Gasteiger partial charge in [-0.15, -0.1) is 0 Å². The topological polar surface area (TPSA) is 101 Å². The van der Waals surface area contributed by atoms with Crippen LogP contribution in [0, 0.1) is 17.2 Å². The number of fused-ring (bicyclic) bond motifs is 1. The zero-order valence-corrected chi connectivity index (χ0v) is 23.6. The maximum atomic E-state index is 12.0. The zero-order valence-electron chi connectivity index (χ0n) is 23.6. The number of carbonyl (C=O) groups is 1. The molecule has 4 aliphatic rings. The molecule has 3 saturated heterocycles. The van der Waals surface area contributed by atoms with Gasteiger partial charge in [0, 0.05) is 51.7 Å². The Hall–Kier alpha value is -3.41. The van der Waals surface area contributed by atoms with Gasteiger partial charge in [-0.25, -0.2) is 0 Å². The molecule has 9 heteroatoms. The number of benzene rings is 1. The van der Waals surface area contributed by atoms with Crippen molar-refractivity contribution >= 4 is 23.8 Å². The van der Waals surface area contributed by atoms with Gasteiger partial charge >= 0.3 is 0 Å². The summed E-state index contributed by atoms with van der Waals surface area (Å²) >= 11 is 0. The number of hydrogen-bond acceptors (Lipinski definition) is 8. The van der Waals surface area contributed by atoms with Crippen molar-refractivity contribution in [1.29, 1.82) is 5.26 Å². The monoisotopic (exact) mass is 542 g/mol. The first-order valence-corrected chi connectivity index (χ1v) is 15.4. The Morgan fingerprint density at radius 3 is 2.48 bits per heavy atom. The Bertz CT molecular complexity index is 1200. The molecule has 4 fully saturated rings. The fourth-order valence-corrected chi connectivity index (χ4v) is 7.30. The molecule has 1 aliphatic carbocycles. The van der Waals surface area contributed by atoms with Gasteiger partial charge in [0.05, 0.1) is 11.5 Å². The summed E-state index contributed by atoms with van der Waals surface area (Å²) in [7, 11) is 0. The fraction of sp³-hybridized carbons (Fsp3) is 0.645. The Morgan fingerprint density at radius 1 is 0.925 bits per heavy atom. The highest BCUT2D eigenvalue weighted by Gasteiger charge is 2.38. The summed E-state index contributed by atoms with van der Waals surface area (Å²) < 4.78 is 0. The third kappa shape index (κ3) is 5.59. The average molecular weight is 543 g/mol. The normalized spacial score (nSPS) is 24.5. The molecular weight excluding hydrogens is 500 g/mol. The number of amides is 1. The van der Waals surface area contributed by atoms with Crippen LogP contribution in [0.2, 0.25) is 0 Å². The van der Waals surface area contributed by atoms with Crippen molar-refractivity contribution in [2.75, 3.05) is 54.4 Å². The van der Waals surface area contributed by atoms with Crippen molar-refractivity contribution in [2.24, 2.45) is 5.92 Å². The Labute approximate surface area is 238 Å². The number of anilines is 3. The van der Waals surface area contributed by atoms with Crippen LogP contribution in [0.1, 0.15) is 76.2 Å². The van der Waals surface area contributed by atoms with E-state index in [-0.39, 0.29) is 5.91 Å². The molecule has 1 N–H and O–H groups in total. The van der Waals surface area contributed by atoms with Crippen LogP contribution in [-0.2, 0) is 10.2 Å². The average Bonchev–Trinajstić information content (AvgIpc) is 3.43. The number of piperidine rings is 2. The predicted octanol–water partition coefficient (Wildman–Crippen LogP) is 4.52. The maximum Gasteiger partial charge on any atom is 0.232 e. The van der Waals surface area contributed by atoms with Crippen LogP contribution in [0.4, 0.5) is 17.8 Å². The van der Waals surface area contributed by atoms with E-state index in [1.807, 2.05) is 23.1 Å². The molecule has 0 bridgehead atoms. The third-order valence-electron chi connectivity index (χ3n) is 9.61. The Morgan fingerprint density at radius 2 is 1.70 bits per heavy atom. The van der Waals surface area contributed by atoms with Gasteiger partial charge in [-0.3, -0.25) is 4.79 Å². The fourth-order valence-electron chi connectivity index (χ4n) is 7.30. The summed E-state index contributed by atoms with van der Waals surface area (Å²) in [6.07, 6.45) is 11.6.